The molecule has 2 N–H and O–H groups in total. The van der Waals surface area contributed by atoms with Gasteiger partial charge in [0.15, 0.2) is 0 Å². The lowest BCUT2D eigenvalue weighted by Gasteiger charge is -2.25. The Morgan fingerprint density at radius 1 is 1.50 bits per heavy atom. The fourth-order valence-corrected chi connectivity index (χ4v) is 1.12. The lowest BCUT2D eigenvalue weighted by molar-refractivity contribution is -0.151. The fraction of sp³-hybridized carbons (Fsp3) is 0.600. The average molecular weight is 197 g/mol. The van der Waals surface area contributed by atoms with E-state index >= 15 is 0 Å². The number of rotatable bonds is 3. The van der Waals surface area contributed by atoms with Crippen molar-refractivity contribution >= 4 is 11.9 Å². The molecule has 0 aromatic rings. The molecule has 4 nitrogen and oxygen atoms in total. The summed E-state index contributed by atoms with van der Waals surface area (Å²) in [6.45, 7) is 5.14. The first-order valence-electron chi connectivity index (χ1n) is 4.24. The van der Waals surface area contributed by atoms with Gasteiger partial charge in [0.2, 0.25) is 5.91 Å². The van der Waals surface area contributed by atoms with Gasteiger partial charge in [-0.2, -0.15) is 0 Å². The molecule has 0 aliphatic carbocycles. The Labute approximate surface area is 83.7 Å². The Balaban J connectivity index is 4.61. The summed E-state index contributed by atoms with van der Waals surface area (Å²) in [6, 6.07) is 0. The first-order chi connectivity index (χ1) is 6.30. The van der Waals surface area contributed by atoms with E-state index in [0.717, 1.165) is 0 Å². The Kier molecular flexibility index (Phi) is 4.16. The van der Waals surface area contributed by atoms with Gasteiger partial charge in [0.1, 0.15) is 5.92 Å². The highest BCUT2D eigenvalue weighted by molar-refractivity contribution is 5.97. The van der Waals surface area contributed by atoms with Crippen LogP contribution in [0.5, 0.6) is 0 Å². The number of nitrogens with one attached hydrogen (secondary N) is 1. The van der Waals surface area contributed by atoms with E-state index in [2.05, 4.69) is 11.2 Å². The smallest absolute Gasteiger partial charge is 0.316 e. The van der Waals surface area contributed by atoms with Gasteiger partial charge in [-0.1, -0.05) is 26.7 Å². The lowest BCUT2D eigenvalue weighted by Crippen LogP contribution is -2.42. The maximum Gasteiger partial charge on any atom is 0.316 e. The molecular weight excluding hydrogens is 182 g/mol. The molecular formula is C10H15NO3. The van der Waals surface area contributed by atoms with Crippen molar-refractivity contribution in [3.63, 3.8) is 0 Å². The molecule has 0 heterocycles. The third-order valence-electron chi connectivity index (χ3n) is 1.74. The highest BCUT2D eigenvalue weighted by atomic mass is 16.4. The summed E-state index contributed by atoms with van der Waals surface area (Å²) in [4.78, 5) is 22.2. The molecule has 1 amide bonds. The van der Waals surface area contributed by atoms with Crippen molar-refractivity contribution in [3.05, 3.63) is 0 Å². The first kappa shape index (κ1) is 12.5. The van der Waals surface area contributed by atoms with Crippen LogP contribution in [0.2, 0.25) is 0 Å². The number of amides is 1. The van der Waals surface area contributed by atoms with Crippen LogP contribution in [0.1, 0.15) is 20.8 Å². The van der Waals surface area contributed by atoms with Crippen LogP contribution in [0.15, 0.2) is 0 Å². The van der Waals surface area contributed by atoms with Crippen LogP contribution in [0, 0.1) is 23.7 Å². The molecule has 0 fully saturated rings. The second-order valence-electron chi connectivity index (χ2n) is 4.06. The van der Waals surface area contributed by atoms with Crippen molar-refractivity contribution < 1.29 is 14.7 Å². The minimum absolute atomic E-state index is 0.0543. The molecule has 1 atom stereocenters. The molecule has 0 aromatic carbocycles. The van der Waals surface area contributed by atoms with Crippen molar-refractivity contribution in [2.24, 2.45) is 11.3 Å². The largest absolute Gasteiger partial charge is 0.481 e. The zero-order valence-electron chi connectivity index (χ0n) is 8.63. The van der Waals surface area contributed by atoms with E-state index in [1.807, 2.05) is 0 Å². The summed E-state index contributed by atoms with van der Waals surface area (Å²) >= 11 is 0. The van der Waals surface area contributed by atoms with Gasteiger partial charge in [-0.3, -0.25) is 9.59 Å². The van der Waals surface area contributed by atoms with E-state index < -0.39 is 23.2 Å². The van der Waals surface area contributed by atoms with Crippen LogP contribution in [0.3, 0.4) is 0 Å². The van der Waals surface area contributed by atoms with Crippen LogP contribution in [0.25, 0.3) is 0 Å². The Morgan fingerprint density at radius 2 is 2.00 bits per heavy atom. The van der Waals surface area contributed by atoms with Crippen molar-refractivity contribution in [2.45, 2.75) is 20.8 Å². The minimum Gasteiger partial charge on any atom is -0.481 e. The number of carboxylic acid groups (broad SMARTS) is 1. The third kappa shape index (κ3) is 3.48. The molecule has 14 heavy (non-hydrogen) atoms. The maximum absolute atomic E-state index is 11.4. The quantitative estimate of drug-likeness (QED) is 0.511. The van der Waals surface area contributed by atoms with E-state index in [-0.39, 0.29) is 6.54 Å². The zero-order chi connectivity index (χ0) is 11.4. The molecule has 0 aromatic heterocycles. The number of carbonyl (C=O) groups is 2. The molecule has 0 rings (SSSR count). The van der Waals surface area contributed by atoms with Crippen molar-refractivity contribution in [3.8, 4) is 12.3 Å². The number of terminal acetylenes is 1. The molecule has 0 aliphatic rings. The number of carbonyl (C=O) groups excluding carboxylic acids is 1. The van der Waals surface area contributed by atoms with Gasteiger partial charge >= 0.3 is 5.97 Å². The van der Waals surface area contributed by atoms with E-state index in [9.17, 15) is 9.59 Å². The standard InChI is InChI=1S/C10H15NO3/c1-5-6-11-8(12)7(9(13)14)10(2,3)4/h1,7H,6H2,2-4H3,(H,11,12)(H,13,14). The molecule has 1 unspecified atom stereocenters. The summed E-state index contributed by atoms with van der Waals surface area (Å²) in [5.41, 5.74) is -0.621. The monoisotopic (exact) mass is 197 g/mol. The van der Waals surface area contributed by atoms with Gasteiger partial charge in [-0.15, -0.1) is 6.42 Å². The predicted octanol–water partition coefficient (Wildman–Crippen LogP) is 0.483. The number of aliphatic carboxylic acids is 1. The third-order valence-corrected chi connectivity index (χ3v) is 1.74. The van der Waals surface area contributed by atoms with Crippen molar-refractivity contribution in [1.29, 1.82) is 0 Å². The zero-order valence-corrected chi connectivity index (χ0v) is 8.63. The van der Waals surface area contributed by atoms with Crippen LogP contribution in [-0.2, 0) is 9.59 Å². The molecule has 78 valence electrons. The van der Waals surface area contributed by atoms with Crippen LogP contribution >= 0.6 is 0 Å². The molecule has 0 saturated carbocycles. The summed E-state index contributed by atoms with van der Waals surface area (Å²) in [7, 11) is 0. The summed E-state index contributed by atoms with van der Waals surface area (Å²) in [6.07, 6.45) is 4.95. The van der Waals surface area contributed by atoms with Gasteiger partial charge in [-0.05, 0) is 5.41 Å². The SMILES string of the molecule is C#CCNC(=O)C(C(=O)O)C(C)(C)C. The van der Waals surface area contributed by atoms with Gasteiger partial charge in [0.05, 0.1) is 6.54 Å². The number of carboxylic acids is 1. The normalized spacial score (nSPS) is 12.7. The minimum atomic E-state index is -1.13. The van der Waals surface area contributed by atoms with Crippen LogP contribution < -0.4 is 5.32 Å². The Bertz CT molecular complexity index is 270. The molecule has 0 saturated heterocycles. The van der Waals surface area contributed by atoms with Gasteiger partial charge in [0.25, 0.3) is 0 Å². The van der Waals surface area contributed by atoms with E-state index in [1.54, 1.807) is 20.8 Å². The first-order valence-corrected chi connectivity index (χ1v) is 4.24. The van der Waals surface area contributed by atoms with Crippen LogP contribution in [-0.4, -0.2) is 23.5 Å². The summed E-state index contributed by atoms with van der Waals surface area (Å²) < 4.78 is 0. The van der Waals surface area contributed by atoms with Gasteiger partial charge < -0.3 is 10.4 Å². The second kappa shape index (κ2) is 4.66. The number of hydrogen-bond donors (Lipinski definition) is 2. The highest BCUT2D eigenvalue weighted by Gasteiger charge is 2.37. The molecule has 4 heteroatoms. The van der Waals surface area contributed by atoms with Crippen molar-refractivity contribution in [2.75, 3.05) is 6.54 Å². The van der Waals surface area contributed by atoms with E-state index in [4.69, 9.17) is 11.5 Å². The molecule has 0 radical (unpaired) electrons. The lowest BCUT2D eigenvalue weighted by atomic mass is 9.80. The summed E-state index contributed by atoms with van der Waals surface area (Å²) in [5.74, 6) is -0.526. The van der Waals surface area contributed by atoms with Gasteiger partial charge in [0, 0.05) is 0 Å². The number of hydrogen-bond acceptors (Lipinski definition) is 2. The maximum atomic E-state index is 11.4. The topological polar surface area (TPSA) is 66.4 Å². The Morgan fingerprint density at radius 3 is 2.29 bits per heavy atom. The molecule has 0 bridgehead atoms. The van der Waals surface area contributed by atoms with E-state index in [1.165, 1.54) is 0 Å². The average Bonchev–Trinajstić information content (AvgIpc) is 1.97. The highest BCUT2D eigenvalue weighted by Crippen LogP contribution is 2.26. The summed E-state index contributed by atoms with van der Waals surface area (Å²) in [5, 5.41) is 11.2. The predicted molar refractivity (Wildman–Crippen MR) is 52.4 cm³/mol. The Hall–Kier alpha value is -1.50. The van der Waals surface area contributed by atoms with E-state index in [0.29, 0.717) is 0 Å². The molecule has 0 spiro atoms. The van der Waals surface area contributed by atoms with Crippen molar-refractivity contribution in [1.82, 2.24) is 5.32 Å². The van der Waals surface area contributed by atoms with Gasteiger partial charge in [-0.25, -0.2) is 0 Å². The molecule has 0 aliphatic heterocycles. The fourth-order valence-electron chi connectivity index (χ4n) is 1.12. The second-order valence-corrected chi connectivity index (χ2v) is 4.06. The van der Waals surface area contributed by atoms with Crippen LogP contribution in [0.4, 0.5) is 0 Å².